The molecule has 0 amide bonds. The van der Waals surface area contributed by atoms with Crippen molar-refractivity contribution in [3.8, 4) is 0 Å². The van der Waals surface area contributed by atoms with E-state index >= 15 is 0 Å². The number of hydrogen-bond donors (Lipinski definition) is 1. The van der Waals surface area contributed by atoms with Crippen LogP contribution < -0.4 is 5.73 Å². The van der Waals surface area contributed by atoms with Gasteiger partial charge in [-0.15, -0.1) is 8.58 Å². The van der Waals surface area contributed by atoms with Crippen LogP contribution in [0.15, 0.2) is 60.7 Å². The highest BCUT2D eigenvalue weighted by molar-refractivity contribution is 7.39. The number of fused-ring (bicyclic) bond motifs is 4. The van der Waals surface area contributed by atoms with Crippen molar-refractivity contribution in [1.29, 1.82) is 0 Å². The Hall–Kier alpha value is -2.23. The lowest BCUT2D eigenvalue weighted by molar-refractivity contribution is -0.174. The molecular weight excluding hydrogens is 445 g/mol. The van der Waals surface area contributed by atoms with E-state index in [2.05, 4.69) is 6.66 Å². The SMILES string of the molecule is CPC12CCC(N)(C(OC(=O)c3ccccc3)C1OC(=O)c1ccccc1)C1C3CCC(C3)C12. The average Bonchev–Trinajstić information content (AvgIpc) is 3.51. The van der Waals surface area contributed by atoms with Crippen molar-refractivity contribution in [1.82, 2.24) is 0 Å². The monoisotopic (exact) mass is 477 g/mol. The lowest BCUT2D eigenvalue weighted by Gasteiger charge is -2.67. The van der Waals surface area contributed by atoms with Gasteiger partial charge in [-0.05, 0) is 86.7 Å². The van der Waals surface area contributed by atoms with E-state index in [9.17, 15) is 9.59 Å². The summed E-state index contributed by atoms with van der Waals surface area (Å²) in [6, 6.07) is 18.2. The second-order valence-corrected chi connectivity index (χ2v) is 12.1. The number of ether oxygens (including phenoxy) is 2. The van der Waals surface area contributed by atoms with Gasteiger partial charge in [0.15, 0.2) is 12.2 Å². The summed E-state index contributed by atoms with van der Waals surface area (Å²) in [6.07, 6.45) is 4.22. The number of carbonyl (C=O) groups is 2. The molecule has 5 aliphatic rings. The molecule has 0 spiro atoms. The molecule has 9 atom stereocenters. The first-order valence-corrected chi connectivity index (χ1v) is 14.0. The zero-order valence-electron chi connectivity index (χ0n) is 19.5. The standard InChI is InChI=1S/C28H32NO4P/c1-34-28-15-14-27(29,21-19-12-13-20(16-19)22(21)28)23(32-25(30)17-8-4-2-5-9-17)24(28)33-26(31)18-10-6-3-7-11-18/h2-11,19-24,34H,12-16,29H2,1H3. The average molecular weight is 478 g/mol. The first-order valence-electron chi connectivity index (χ1n) is 12.5. The van der Waals surface area contributed by atoms with E-state index in [1.165, 1.54) is 19.3 Å². The van der Waals surface area contributed by atoms with Gasteiger partial charge in [-0.2, -0.15) is 0 Å². The molecule has 5 fully saturated rings. The maximum atomic E-state index is 13.3. The van der Waals surface area contributed by atoms with Crippen molar-refractivity contribution in [2.45, 2.75) is 55.0 Å². The fourth-order valence-corrected chi connectivity index (χ4v) is 9.68. The van der Waals surface area contributed by atoms with Crippen LogP contribution in [0.3, 0.4) is 0 Å². The van der Waals surface area contributed by atoms with E-state index in [0.717, 1.165) is 12.8 Å². The van der Waals surface area contributed by atoms with Crippen molar-refractivity contribution >= 4 is 20.5 Å². The maximum absolute atomic E-state index is 13.3. The van der Waals surface area contributed by atoms with Gasteiger partial charge in [-0.1, -0.05) is 36.4 Å². The number of esters is 2. The summed E-state index contributed by atoms with van der Waals surface area (Å²) < 4.78 is 12.6. The minimum atomic E-state index is -0.669. The number of rotatable bonds is 5. The summed E-state index contributed by atoms with van der Waals surface area (Å²) >= 11 is 0. The van der Waals surface area contributed by atoms with Crippen LogP contribution >= 0.6 is 8.58 Å². The molecule has 0 saturated heterocycles. The maximum Gasteiger partial charge on any atom is 0.338 e. The highest BCUT2D eigenvalue weighted by atomic mass is 31.1. The molecule has 178 valence electrons. The number of carbonyl (C=O) groups excluding carboxylic acids is 2. The van der Waals surface area contributed by atoms with Crippen molar-refractivity contribution < 1.29 is 19.1 Å². The summed E-state index contributed by atoms with van der Waals surface area (Å²) in [6.45, 7) is 2.23. The summed E-state index contributed by atoms with van der Waals surface area (Å²) in [4.78, 5) is 26.6. The van der Waals surface area contributed by atoms with E-state index in [-0.39, 0.29) is 11.1 Å². The molecule has 2 aromatic carbocycles. The predicted molar refractivity (Wildman–Crippen MR) is 132 cm³/mol. The molecule has 0 radical (unpaired) electrons. The zero-order chi connectivity index (χ0) is 23.5. The van der Waals surface area contributed by atoms with Crippen molar-refractivity contribution in [3.05, 3.63) is 71.8 Å². The molecule has 5 saturated carbocycles. The molecule has 5 nitrogen and oxygen atoms in total. The highest BCUT2D eigenvalue weighted by Crippen LogP contribution is 2.71. The van der Waals surface area contributed by atoms with Crippen molar-refractivity contribution in [2.75, 3.05) is 6.66 Å². The second-order valence-electron chi connectivity index (χ2n) is 10.7. The number of nitrogens with two attached hydrogens (primary N) is 1. The molecule has 6 heteroatoms. The topological polar surface area (TPSA) is 78.6 Å². The third-order valence-corrected chi connectivity index (χ3v) is 11.2. The molecule has 0 heterocycles. The summed E-state index contributed by atoms with van der Waals surface area (Å²) in [5.74, 6) is 1.23. The molecule has 34 heavy (non-hydrogen) atoms. The first-order chi connectivity index (χ1) is 16.5. The van der Waals surface area contributed by atoms with E-state index < -0.39 is 23.7 Å². The third kappa shape index (κ3) is 3.13. The zero-order valence-corrected chi connectivity index (χ0v) is 20.5. The quantitative estimate of drug-likeness (QED) is 0.501. The number of benzene rings is 2. The Balaban J connectivity index is 1.41. The van der Waals surface area contributed by atoms with E-state index in [1.54, 1.807) is 24.3 Å². The Morgan fingerprint density at radius 3 is 1.91 bits per heavy atom. The largest absolute Gasteiger partial charge is 0.454 e. The third-order valence-electron chi connectivity index (χ3n) is 9.37. The van der Waals surface area contributed by atoms with Crippen LogP contribution in [0, 0.1) is 23.7 Å². The minimum Gasteiger partial charge on any atom is -0.454 e. The van der Waals surface area contributed by atoms with Gasteiger partial charge in [0, 0.05) is 5.16 Å². The normalized spacial score (nSPS) is 39.8. The molecule has 9 unspecified atom stereocenters. The summed E-state index contributed by atoms with van der Waals surface area (Å²) in [7, 11) is 0.587. The molecule has 4 bridgehead atoms. The van der Waals surface area contributed by atoms with Gasteiger partial charge in [0.05, 0.1) is 16.7 Å². The van der Waals surface area contributed by atoms with Crippen LogP contribution in [0.2, 0.25) is 0 Å². The van der Waals surface area contributed by atoms with E-state index in [1.807, 2.05) is 36.4 Å². The van der Waals surface area contributed by atoms with E-state index in [0.29, 0.717) is 43.4 Å². The van der Waals surface area contributed by atoms with Crippen LogP contribution in [-0.2, 0) is 9.47 Å². The molecule has 2 N–H and O–H groups in total. The van der Waals surface area contributed by atoms with Crippen LogP contribution in [-0.4, -0.2) is 41.5 Å². The van der Waals surface area contributed by atoms with Crippen LogP contribution in [0.1, 0.15) is 52.8 Å². The second kappa shape index (κ2) is 8.17. The fraction of sp³-hybridized carbons (Fsp3) is 0.500. The lowest BCUT2D eigenvalue weighted by Crippen LogP contribution is -2.79. The van der Waals surface area contributed by atoms with Crippen molar-refractivity contribution in [2.24, 2.45) is 29.4 Å². The molecule has 0 aliphatic heterocycles. The Labute approximate surface area is 202 Å². The molecule has 7 rings (SSSR count). The Bertz CT molecular complexity index is 1090. The predicted octanol–water partition coefficient (Wildman–Crippen LogP) is 4.65. The Kier molecular flexibility index (Phi) is 5.35. The lowest BCUT2D eigenvalue weighted by atomic mass is 9.48. The molecule has 5 aliphatic carbocycles. The first kappa shape index (κ1) is 22.2. The van der Waals surface area contributed by atoms with Gasteiger partial charge in [0.25, 0.3) is 0 Å². The Morgan fingerprint density at radius 1 is 0.824 bits per heavy atom. The van der Waals surface area contributed by atoms with Gasteiger partial charge in [-0.3, -0.25) is 0 Å². The van der Waals surface area contributed by atoms with Gasteiger partial charge in [0.1, 0.15) is 0 Å². The summed E-state index contributed by atoms with van der Waals surface area (Å²) in [5, 5.41) is -0.183. The van der Waals surface area contributed by atoms with E-state index in [4.69, 9.17) is 15.2 Å². The molecular formula is C28H32NO4P. The van der Waals surface area contributed by atoms with Crippen LogP contribution in [0.5, 0.6) is 0 Å². The van der Waals surface area contributed by atoms with Gasteiger partial charge < -0.3 is 15.2 Å². The fourth-order valence-electron chi connectivity index (χ4n) is 8.07. The van der Waals surface area contributed by atoms with Gasteiger partial charge in [0.2, 0.25) is 0 Å². The van der Waals surface area contributed by atoms with Crippen LogP contribution in [0.4, 0.5) is 0 Å². The van der Waals surface area contributed by atoms with Gasteiger partial charge >= 0.3 is 11.9 Å². The minimum absolute atomic E-state index is 0.183. The van der Waals surface area contributed by atoms with Gasteiger partial charge in [-0.25, -0.2) is 9.59 Å². The summed E-state index contributed by atoms with van der Waals surface area (Å²) in [5.41, 5.74) is 7.64. The number of hydrogen-bond acceptors (Lipinski definition) is 5. The van der Waals surface area contributed by atoms with Crippen LogP contribution in [0.25, 0.3) is 0 Å². The highest BCUT2D eigenvalue weighted by Gasteiger charge is 2.75. The van der Waals surface area contributed by atoms with Crippen molar-refractivity contribution in [3.63, 3.8) is 0 Å². The smallest absolute Gasteiger partial charge is 0.338 e. The molecule has 2 aromatic rings. The Morgan fingerprint density at radius 2 is 1.35 bits per heavy atom. The molecule has 0 aromatic heterocycles.